The Kier molecular flexibility index (Phi) is 5.07. The lowest BCUT2D eigenvalue weighted by Gasteiger charge is -2.33. The summed E-state index contributed by atoms with van der Waals surface area (Å²) in [6, 6.07) is 32.5. The molecule has 2 radical (unpaired) electrons. The van der Waals surface area contributed by atoms with E-state index in [1.165, 1.54) is 6.07 Å². The van der Waals surface area contributed by atoms with Crippen molar-refractivity contribution in [3.8, 4) is 6.07 Å². The van der Waals surface area contributed by atoms with E-state index in [1.54, 1.807) is 18.2 Å². The Morgan fingerprint density at radius 3 is 1.93 bits per heavy atom. The lowest BCUT2D eigenvalue weighted by Crippen LogP contribution is -2.75. The van der Waals surface area contributed by atoms with Crippen LogP contribution >= 0.6 is 0 Å². The molecule has 0 aliphatic heterocycles. The maximum atomic E-state index is 14.2. The topological polar surface area (TPSA) is 36.7 Å². The van der Waals surface area contributed by atoms with Crippen molar-refractivity contribution < 1.29 is 4.39 Å². The number of hydrogen-bond donors (Lipinski definition) is 0. The number of rotatable bonds is 4. The molecular formula is C25H17FN2Si. The van der Waals surface area contributed by atoms with Crippen molar-refractivity contribution in [2.45, 2.75) is 0 Å². The van der Waals surface area contributed by atoms with Crippen molar-refractivity contribution in [2.24, 2.45) is 0 Å². The summed E-state index contributed by atoms with van der Waals surface area (Å²) in [6.45, 7) is 6.07. The van der Waals surface area contributed by atoms with Gasteiger partial charge in [-0.25, -0.2) is 4.39 Å². The van der Waals surface area contributed by atoms with E-state index in [0.717, 1.165) is 20.9 Å². The van der Waals surface area contributed by atoms with Crippen molar-refractivity contribution in [1.29, 1.82) is 5.26 Å². The zero-order chi connectivity index (χ0) is 20.3. The summed E-state index contributed by atoms with van der Waals surface area (Å²) in [5.41, 5.74) is 0.448. The maximum Gasteiger partial charge on any atom is 0.201 e. The standard InChI is InChI=1S/C25H17FN2Si/c1-19-9-8-14-25(28-19)29(21-10-4-2-5-11-21,22-12-6-3-7-13-22)23-15-16-24(26)20(17-23)18-27/h1-17H. The number of benzene rings is 3. The van der Waals surface area contributed by atoms with Gasteiger partial charge in [0, 0.05) is 17.9 Å². The monoisotopic (exact) mass is 392 g/mol. The highest BCUT2D eigenvalue weighted by Gasteiger charge is 2.43. The zero-order valence-corrected chi connectivity index (χ0v) is 16.6. The molecular weight excluding hydrogens is 375 g/mol. The summed E-state index contributed by atoms with van der Waals surface area (Å²) in [4.78, 5) is 4.72. The minimum Gasteiger partial charge on any atom is -0.261 e. The Morgan fingerprint density at radius 1 is 0.759 bits per heavy atom. The first-order valence-corrected chi connectivity index (χ1v) is 11.2. The highest BCUT2D eigenvalue weighted by atomic mass is 28.3. The van der Waals surface area contributed by atoms with Gasteiger partial charge in [-0.2, -0.15) is 5.26 Å². The maximum absolute atomic E-state index is 14.2. The normalized spacial score (nSPS) is 11.1. The van der Waals surface area contributed by atoms with Gasteiger partial charge in [-0.15, -0.1) is 0 Å². The fourth-order valence-electron chi connectivity index (χ4n) is 3.82. The molecule has 4 rings (SSSR count). The number of nitrogens with zero attached hydrogens (tertiary/aromatic N) is 2. The van der Waals surface area contributed by atoms with Crippen LogP contribution in [0.3, 0.4) is 0 Å². The summed E-state index contributed by atoms with van der Waals surface area (Å²) in [6.07, 6.45) is 0. The highest BCUT2D eigenvalue weighted by Crippen LogP contribution is 2.12. The third kappa shape index (κ3) is 3.26. The predicted molar refractivity (Wildman–Crippen MR) is 116 cm³/mol. The smallest absolute Gasteiger partial charge is 0.201 e. The lowest BCUT2D eigenvalue weighted by molar-refractivity contribution is 0.624. The van der Waals surface area contributed by atoms with Crippen LogP contribution in [0.25, 0.3) is 0 Å². The van der Waals surface area contributed by atoms with Crippen LogP contribution in [0, 0.1) is 24.1 Å². The van der Waals surface area contributed by atoms with E-state index in [9.17, 15) is 9.65 Å². The van der Waals surface area contributed by atoms with Gasteiger partial charge in [-0.05, 0) is 39.8 Å². The molecule has 29 heavy (non-hydrogen) atoms. The molecule has 0 aliphatic rings. The molecule has 0 bridgehead atoms. The molecule has 1 heterocycles. The quantitative estimate of drug-likeness (QED) is 0.395. The van der Waals surface area contributed by atoms with Crippen LogP contribution in [0.15, 0.2) is 97.1 Å². The molecule has 4 aromatic rings. The van der Waals surface area contributed by atoms with Gasteiger partial charge >= 0.3 is 0 Å². The molecule has 0 spiro atoms. The number of nitriles is 1. The first-order chi connectivity index (χ1) is 14.2. The van der Waals surface area contributed by atoms with E-state index in [1.807, 2.05) is 54.6 Å². The van der Waals surface area contributed by atoms with Gasteiger partial charge in [0.15, 0.2) is 0 Å². The molecule has 0 N–H and O–H groups in total. The van der Waals surface area contributed by atoms with Gasteiger partial charge in [0.2, 0.25) is 8.07 Å². The highest BCUT2D eigenvalue weighted by molar-refractivity contribution is 7.19. The van der Waals surface area contributed by atoms with Crippen LogP contribution in [0.2, 0.25) is 0 Å². The average molecular weight is 393 g/mol. The van der Waals surface area contributed by atoms with Crippen LogP contribution in [0.5, 0.6) is 0 Å². The molecule has 0 atom stereocenters. The molecule has 0 amide bonds. The largest absolute Gasteiger partial charge is 0.261 e. The molecule has 0 aliphatic carbocycles. The second-order valence-electron chi connectivity index (χ2n) is 6.74. The average Bonchev–Trinajstić information content (AvgIpc) is 2.77. The van der Waals surface area contributed by atoms with Gasteiger partial charge in [-0.1, -0.05) is 72.8 Å². The molecule has 4 heteroatoms. The minimum atomic E-state index is -2.91. The van der Waals surface area contributed by atoms with Gasteiger partial charge in [0.1, 0.15) is 11.9 Å². The van der Waals surface area contributed by atoms with Crippen molar-refractivity contribution >= 4 is 29.0 Å². The minimum absolute atomic E-state index is 0.0233. The van der Waals surface area contributed by atoms with E-state index in [4.69, 9.17) is 11.9 Å². The van der Waals surface area contributed by atoms with E-state index in [-0.39, 0.29) is 5.56 Å². The molecule has 0 saturated heterocycles. The molecule has 1 aromatic heterocycles. The van der Waals surface area contributed by atoms with Gasteiger partial charge in [0.05, 0.1) is 5.56 Å². The summed E-state index contributed by atoms with van der Waals surface area (Å²) >= 11 is 0. The first kappa shape index (κ1) is 18.8. The van der Waals surface area contributed by atoms with Crippen molar-refractivity contribution in [3.63, 3.8) is 0 Å². The van der Waals surface area contributed by atoms with Crippen LogP contribution in [-0.4, -0.2) is 13.1 Å². The Morgan fingerprint density at radius 2 is 1.38 bits per heavy atom. The van der Waals surface area contributed by atoms with E-state index >= 15 is 0 Å². The van der Waals surface area contributed by atoms with Gasteiger partial charge in [0.25, 0.3) is 0 Å². The molecule has 3 aromatic carbocycles. The summed E-state index contributed by atoms with van der Waals surface area (Å²) in [7, 11) is -2.91. The Labute approximate surface area is 170 Å². The van der Waals surface area contributed by atoms with Crippen LogP contribution in [-0.2, 0) is 0 Å². The Balaban J connectivity index is 2.17. The van der Waals surface area contributed by atoms with Crippen LogP contribution in [0.4, 0.5) is 4.39 Å². The van der Waals surface area contributed by atoms with Gasteiger partial charge in [-0.3, -0.25) is 4.98 Å². The molecule has 2 nitrogen and oxygen atoms in total. The fraction of sp³-hybridized carbons (Fsp3) is 0. The van der Waals surface area contributed by atoms with E-state index in [2.05, 4.69) is 24.3 Å². The predicted octanol–water partition coefficient (Wildman–Crippen LogP) is 2.53. The Hall–Kier alpha value is -3.55. The number of hydrogen-bond acceptors (Lipinski definition) is 2. The van der Waals surface area contributed by atoms with E-state index < -0.39 is 13.9 Å². The molecule has 138 valence electrons. The Bertz CT molecular complexity index is 1140. The van der Waals surface area contributed by atoms with Gasteiger partial charge < -0.3 is 0 Å². The van der Waals surface area contributed by atoms with Crippen LogP contribution in [0.1, 0.15) is 11.3 Å². The molecule has 0 unspecified atom stereocenters. The van der Waals surface area contributed by atoms with Crippen molar-refractivity contribution in [1.82, 2.24) is 4.98 Å². The first-order valence-electron chi connectivity index (χ1n) is 9.20. The lowest BCUT2D eigenvalue weighted by atomic mass is 10.2. The van der Waals surface area contributed by atoms with Crippen molar-refractivity contribution in [2.75, 3.05) is 0 Å². The second kappa shape index (κ2) is 7.82. The number of pyridine rings is 1. The fourth-order valence-corrected chi connectivity index (χ4v) is 8.43. The summed E-state index contributed by atoms with van der Waals surface area (Å²) < 4.78 is 14.2. The number of aromatic nitrogens is 1. The van der Waals surface area contributed by atoms with E-state index in [0.29, 0.717) is 5.69 Å². The zero-order valence-electron chi connectivity index (χ0n) is 15.6. The van der Waals surface area contributed by atoms with Crippen molar-refractivity contribution in [3.05, 3.63) is 121 Å². The SMILES string of the molecule is [CH]c1cccc([Si](c2ccccc2)(c2ccccc2)c2ccc(F)c(C#N)c2)n1. The number of halogens is 1. The molecule has 0 saturated carbocycles. The third-order valence-electron chi connectivity index (χ3n) is 5.09. The third-order valence-corrected chi connectivity index (χ3v) is 9.71. The second-order valence-corrected chi connectivity index (χ2v) is 10.5. The summed E-state index contributed by atoms with van der Waals surface area (Å²) in [5, 5.41) is 13.3. The summed E-state index contributed by atoms with van der Waals surface area (Å²) in [5.74, 6) is -0.527. The van der Waals surface area contributed by atoms with Crippen LogP contribution < -0.4 is 20.9 Å². The molecule has 0 fully saturated rings.